The van der Waals surface area contributed by atoms with Gasteiger partial charge >= 0.3 is 0 Å². The van der Waals surface area contributed by atoms with Crippen LogP contribution in [0.1, 0.15) is 26.7 Å². The van der Waals surface area contributed by atoms with Crippen molar-refractivity contribution < 1.29 is 4.79 Å². The lowest BCUT2D eigenvalue weighted by Gasteiger charge is -2.14. The molecule has 0 aliphatic heterocycles. The number of halogens is 2. The van der Waals surface area contributed by atoms with Gasteiger partial charge in [-0.15, -0.1) is 24.2 Å². The number of carbonyl (C=O) groups excluding carboxylic acids is 1. The number of benzene rings is 1. The first kappa shape index (κ1) is 19.6. The minimum absolute atomic E-state index is 0. The molecule has 0 atom stereocenters. The van der Waals surface area contributed by atoms with Crippen molar-refractivity contribution in [2.75, 3.05) is 18.9 Å². The van der Waals surface area contributed by atoms with Crippen molar-refractivity contribution in [3.63, 3.8) is 0 Å². The summed E-state index contributed by atoms with van der Waals surface area (Å²) in [6.45, 7) is 5.05. The summed E-state index contributed by atoms with van der Waals surface area (Å²) in [4.78, 5) is 12.8. The molecule has 0 saturated carbocycles. The number of nitrogens with one attached hydrogen (secondary N) is 2. The Balaban J connectivity index is 0.00000361. The Morgan fingerprint density at radius 3 is 2.70 bits per heavy atom. The number of carbonyl (C=O) groups is 1. The highest BCUT2D eigenvalue weighted by Crippen LogP contribution is 2.36. The third-order valence-corrected chi connectivity index (χ3v) is 4.00. The molecule has 2 N–H and O–H groups in total. The van der Waals surface area contributed by atoms with E-state index in [1.54, 1.807) is 11.8 Å². The van der Waals surface area contributed by atoms with Gasteiger partial charge in [-0.25, -0.2) is 0 Å². The Hall–Kier alpha value is -0.420. The summed E-state index contributed by atoms with van der Waals surface area (Å²) in [6, 6.07) is 5.60. The van der Waals surface area contributed by atoms with Crippen molar-refractivity contribution in [1.29, 1.82) is 0 Å². The van der Waals surface area contributed by atoms with Crippen LogP contribution < -0.4 is 10.6 Å². The van der Waals surface area contributed by atoms with Crippen molar-refractivity contribution in [3.05, 3.63) is 23.2 Å². The van der Waals surface area contributed by atoms with Crippen LogP contribution in [0.3, 0.4) is 0 Å². The summed E-state index contributed by atoms with van der Waals surface area (Å²) in [6.07, 6.45) is 1.34. The lowest BCUT2D eigenvalue weighted by Crippen LogP contribution is -2.15. The Kier molecular flexibility index (Phi) is 10.1. The Bertz CT molecular complexity index is 428. The largest absolute Gasteiger partial charge is 0.325 e. The van der Waals surface area contributed by atoms with E-state index >= 15 is 0 Å². The first-order valence-electron chi connectivity index (χ1n) is 6.44. The smallest absolute Gasteiger partial charge is 0.224 e. The summed E-state index contributed by atoms with van der Waals surface area (Å²) in [5.41, 5.74) is 0.806. The fourth-order valence-electron chi connectivity index (χ4n) is 1.60. The molecule has 0 spiro atoms. The first-order chi connectivity index (χ1) is 9.04. The highest BCUT2D eigenvalue weighted by molar-refractivity contribution is 8.00. The normalized spacial score (nSPS) is 10.2. The summed E-state index contributed by atoms with van der Waals surface area (Å²) in [5, 5.41) is 7.08. The van der Waals surface area contributed by atoms with Gasteiger partial charge in [0.05, 0.1) is 10.7 Å². The molecule has 0 aromatic heterocycles. The van der Waals surface area contributed by atoms with E-state index in [1.165, 1.54) is 0 Å². The van der Waals surface area contributed by atoms with Gasteiger partial charge in [0.25, 0.3) is 0 Å². The second-order valence-electron chi connectivity index (χ2n) is 4.54. The molecule has 0 fully saturated rings. The lowest BCUT2D eigenvalue weighted by atomic mass is 10.2. The zero-order chi connectivity index (χ0) is 14.3. The monoisotopic (exact) mass is 336 g/mol. The molecule has 0 heterocycles. The van der Waals surface area contributed by atoms with Gasteiger partial charge in [-0.2, -0.15) is 0 Å². The predicted octanol–water partition coefficient (Wildman–Crippen LogP) is 4.20. The van der Waals surface area contributed by atoms with Crippen molar-refractivity contribution >= 4 is 47.4 Å². The molecule has 0 radical (unpaired) electrons. The third kappa shape index (κ3) is 6.84. The van der Waals surface area contributed by atoms with E-state index in [1.807, 2.05) is 25.2 Å². The number of amides is 1. The number of hydrogen-bond donors (Lipinski definition) is 2. The minimum atomic E-state index is 0. The van der Waals surface area contributed by atoms with Gasteiger partial charge in [0.2, 0.25) is 5.91 Å². The van der Waals surface area contributed by atoms with Gasteiger partial charge in [0.1, 0.15) is 0 Å². The molecular formula is C14H22Cl2N2OS. The Morgan fingerprint density at radius 2 is 2.10 bits per heavy atom. The minimum Gasteiger partial charge on any atom is -0.325 e. The lowest BCUT2D eigenvalue weighted by molar-refractivity contribution is -0.116. The van der Waals surface area contributed by atoms with Gasteiger partial charge in [0, 0.05) is 16.6 Å². The average Bonchev–Trinajstić information content (AvgIpc) is 2.33. The third-order valence-electron chi connectivity index (χ3n) is 2.43. The number of thioether (sulfide) groups is 1. The van der Waals surface area contributed by atoms with Crippen LogP contribution in [-0.4, -0.2) is 24.7 Å². The zero-order valence-electron chi connectivity index (χ0n) is 12.0. The first-order valence-corrected chi connectivity index (χ1v) is 7.70. The van der Waals surface area contributed by atoms with Crippen LogP contribution in [0.5, 0.6) is 0 Å². The number of hydrogen-bond acceptors (Lipinski definition) is 3. The van der Waals surface area contributed by atoms with E-state index < -0.39 is 0 Å². The van der Waals surface area contributed by atoms with E-state index in [4.69, 9.17) is 11.6 Å². The van der Waals surface area contributed by atoms with Crippen LogP contribution >= 0.6 is 35.8 Å². The molecule has 0 unspecified atom stereocenters. The highest BCUT2D eigenvalue weighted by Gasteiger charge is 2.11. The maximum atomic E-state index is 11.8. The molecule has 0 aliphatic rings. The molecule has 1 rings (SSSR count). The van der Waals surface area contributed by atoms with Crippen LogP contribution in [0.2, 0.25) is 5.02 Å². The van der Waals surface area contributed by atoms with E-state index in [0.717, 1.165) is 23.5 Å². The number of anilines is 1. The van der Waals surface area contributed by atoms with Crippen molar-refractivity contribution in [2.24, 2.45) is 0 Å². The predicted molar refractivity (Wildman–Crippen MR) is 91.5 cm³/mol. The summed E-state index contributed by atoms with van der Waals surface area (Å²) >= 11 is 7.86. The van der Waals surface area contributed by atoms with Crippen molar-refractivity contribution in [2.45, 2.75) is 36.8 Å². The molecule has 1 aromatic carbocycles. The molecule has 1 aromatic rings. The van der Waals surface area contributed by atoms with E-state index in [9.17, 15) is 4.79 Å². The van der Waals surface area contributed by atoms with Gasteiger partial charge in [0.15, 0.2) is 0 Å². The molecule has 0 saturated heterocycles. The van der Waals surface area contributed by atoms with E-state index in [0.29, 0.717) is 16.7 Å². The highest BCUT2D eigenvalue weighted by atomic mass is 35.5. The molecule has 20 heavy (non-hydrogen) atoms. The standard InChI is InChI=1S/C14H21ClN2OS.ClH/c1-10(2)19-14-11(15)6-4-7-12(14)17-13(18)8-5-9-16-3;/h4,6-7,10,16H,5,8-9H2,1-3H3,(H,17,18);1H. The molecule has 1 amide bonds. The molecular weight excluding hydrogens is 315 g/mol. The summed E-state index contributed by atoms with van der Waals surface area (Å²) < 4.78 is 0. The second-order valence-corrected chi connectivity index (χ2v) is 6.53. The van der Waals surface area contributed by atoms with E-state index in [-0.39, 0.29) is 18.3 Å². The van der Waals surface area contributed by atoms with Gasteiger partial charge in [-0.1, -0.05) is 31.5 Å². The van der Waals surface area contributed by atoms with Crippen LogP contribution in [-0.2, 0) is 4.79 Å². The summed E-state index contributed by atoms with van der Waals surface area (Å²) in [5.74, 6) is 0.0307. The fourth-order valence-corrected chi connectivity index (χ4v) is 2.81. The van der Waals surface area contributed by atoms with Gasteiger partial charge in [-0.05, 0) is 32.1 Å². The molecule has 6 heteroatoms. The Labute approximate surface area is 136 Å². The van der Waals surface area contributed by atoms with Gasteiger partial charge < -0.3 is 10.6 Å². The molecule has 0 aliphatic carbocycles. The maximum Gasteiger partial charge on any atom is 0.224 e. The van der Waals surface area contributed by atoms with Crippen molar-refractivity contribution in [1.82, 2.24) is 5.32 Å². The zero-order valence-corrected chi connectivity index (χ0v) is 14.4. The van der Waals surface area contributed by atoms with Crippen LogP contribution in [0.4, 0.5) is 5.69 Å². The summed E-state index contributed by atoms with van der Waals surface area (Å²) in [7, 11) is 1.88. The topological polar surface area (TPSA) is 41.1 Å². The maximum absolute atomic E-state index is 11.8. The van der Waals surface area contributed by atoms with Gasteiger partial charge in [-0.3, -0.25) is 4.79 Å². The molecule has 3 nitrogen and oxygen atoms in total. The van der Waals surface area contributed by atoms with Crippen LogP contribution in [0.25, 0.3) is 0 Å². The number of rotatable bonds is 7. The fraction of sp³-hybridized carbons (Fsp3) is 0.500. The second kappa shape index (κ2) is 10.3. The average molecular weight is 337 g/mol. The SMILES string of the molecule is CNCCCC(=O)Nc1cccc(Cl)c1SC(C)C.Cl. The van der Waals surface area contributed by atoms with Crippen LogP contribution in [0, 0.1) is 0 Å². The Morgan fingerprint density at radius 1 is 1.40 bits per heavy atom. The molecule has 0 bridgehead atoms. The van der Waals surface area contributed by atoms with Crippen molar-refractivity contribution in [3.8, 4) is 0 Å². The van der Waals surface area contributed by atoms with E-state index in [2.05, 4.69) is 24.5 Å². The van der Waals surface area contributed by atoms with Crippen LogP contribution in [0.15, 0.2) is 23.1 Å². The quantitative estimate of drug-likeness (QED) is 0.579. The molecule has 114 valence electrons.